The summed E-state index contributed by atoms with van der Waals surface area (Å²) in [5.41, 5.74) is 0. The monoisotopic (exact) mass is 588 g/mol. The maximum absolute atomic E-state index is 3.66. The predicted octanol–water partition coefficient (Wildman–Crippen LogP) is 13.9. The average molecular weight is 588 g/mol. The highest BCUT2D eigenvalue weighted by Gasteiger charge is 2.22. The molecule has 248 valence electrons. The van der Waals surface area contributed by atoms with E-state index in [1.165, 1.54) is 211 Å². The van der Waals surface area contributed by atoms with Crippen LogP contribution >= 0.6 is 0 Å². The van der Waals surface area contributed by atoms with Crippen LogP contribution in [0.2, 0.25) is 0 Å². The molecule has 0 bridgehead atoms. The van der Waals surface area contributed by atoms with E-state index in [-0.39, 0.29) is 0 Å². The van der Waals surface area contributed by atoms with Crippen LogP contribution in [-0.4, -0.2) is 4.98 Å². The number of rotatable bonds is 34. The zero-order chi connectivity index (χ0) is 30.2. The van der Waals surface area contributed by atoms with Crippen molar-refractivity contribution in [2.24, 2.45) is 0 Å². The molecule has 1 heterocycles. The molecule has 0 aliphatic rings. The molecule has 0 saturated heterocycles. The Hall–Kier alpha value is -0.790. The van der Waals surface area contributed by atoms with Crippen molar-refractivity contribution in [1.82, 2.24) is 4.98 Å². The Balaban J connectivity index is 2.09. The van der Waals surface area contributed by atoms with Gasteiger partial charge >= 0.3 is 0 Å². The number of nitrogens with one attached hydrogen (secondary N) is 1. The van der Waals surface area contributed by atoms with Crippen LogP contribution in [0.1, 0.15) is 238 Å². The van der Waals surface area contributed by atoms with E-state index in [1.807, 2.05) is 0 Å². The van der Waals surface area contributed by atoms with E-state index in [4.69, 9.17) is 0 Å². The van der Waals surface area contributed by atoms with Gasteiger partial charge in [-0.1, -0.05) is 207 Å². The lowest BCUT2D eigenvalue weighted by atomic mass is 9.93. The first-order valence-electron chi connectivity index (χ1n) is 19.9. The lowest BCUT2D eigenvalue weighted by molar-refractivity contribution is -0.704. The van der Waals surface area contributed by atoms with Crippen LogP contribution in [-0.2, 0) is 6.54 Å². The van der Waals surface area contributed by atoms with Crippen molar-refractivity contribution in [3.63, 3.8) is 0 Å². The van der Waals surface area contributed by atoms with Gasteiger partial charge in [0.25, 0.3) is 5.82 Å². The van der Waals surface area contributed by atoms with E-state index in [0.29, 0.717) is 0 Å². The number of aryl methyl sites for hydroxylation is 1. The van der Waals surface area contributed by atoms with Crippen molar-refractivity contribution in [3.8, 4) is 0 Å². The number of unbranched alkanes of at least 4 members (excludes halogenated alkanes) is 27. The molecule has 1 unspecified atom stereocenters. The van der Waals surface area contributed by atoms with Crippen LogP contribution in [0, 0.1) is 0 Å². The molecule has 1 N–H and O–H groups in total. The Bertz CT molecular complexity index is 635. The van der Waals surface area contributed by atoms with Gasteiger partial charge in [0.2, 0.25) is 0 Å². The fourth-order valence-electron chi connectivity index (χ4n) is 6.93. The molecular formula is C40H79N2+. The van der Waals surface area contributed by atoms with Gasteiger partial charge in [-0.15, -0.1) is 0 Å². The Morgan fingerprint density at radius 3 is 1.05 bits per heavy atom. The molecule has 0 aromatic carbocycles. The largest absolute Gasteiger partial charge is 0.257 e. The second kappa shape index (κ2) is 31.6. The van der Waals surface area contributed by atoms with Crippen LogP contribution in [0.5, 0.6) is 0 Å². The van der Waals surface area contributed by atoms with Crippen molar-refractivity contribution < 1.29 is 4.57 Å². The molecule has 0 fully saturated rings. The normalized spacial score (nSPS) is 12.4. The van der Waals surface area contributed by atoms with E-state index in [9.17, 15) is 0 Å². The van der Waals surface area contributed by atoms with E-state index < -0.39 is 0 Å². The lowest BCUT2D eigenvalue weighted by Gasteiger charge is -2.14. The van der Waals surface area contributed by atoms with Crippen molar-refractivity contribution >= 4 is 0 Å². The molecule has 0 saturated carbocycles. The summed E-state index contributed by atoms with van der Waals surface area (Å²) in [7, 11) is 0. The summed E-state index contributed by atoms with van der Waals surface area (Å²) in [6.07, 6.45) is 50.5. The molecule has 0 aliphatic carbocycles. The fraction of sp³-hybridized carbons (Fsp3) is 0.925. The molecule has 2 nitrogen and oxygen atoms in total. The zero-order valence-corrected chi connectivity index (χ0v) is 29.5. The minimum absolute atomic E-state index is 0.728. The van der Waals surface area contributed by atoms with Crippen LogP contribution < -0.4 is 4.57 Å². The fourth-order valence-corrected chi connectivity index (χ4v) is 6.93. The van der Waals surface area contributed by atoms with Gasteiger partial charge in [0.1, 0.15) is 12.4 Å². The maximum Gasteiger partial charge on any atom is 0.257 e. The van der Waals surface area contributed by atoms with Gasteiger partial charge in [-0.2, -0.15) is 0 Å². The Kier molecular flexibility index (Phi) is 29.5. The topological polar surface area (TPSA) is 19.7 Å². The molecule has 2 heteroatoms. The first-order valence-corrected chi connectivity index (χ1v) is 19.9. The number of H-pyrrole nitrogens is 1. The molecule has 0 radical (unpaired) electrons. The van der Waals surface area contributed by atoms with Gasteiger partial charge in [-0.3, -0.25) is 0 Å². The summed E-state index contributed by atoms with van der Waals surface area (Å²) in [5, 5.41) is 0. The quantitative estimate of drug-likeness (QED) is 0.0611. The maximum atomic E-state index is 3.66. The van der Waals surface area contributed by atoms with Crippen molar-refractivity contribution in [2.75, 3.05) is 0 Å². The van der Waals surface area contributed by atoms with E-state index in [0.717, 1.165) is 12.5 Å². The van der Waals surface area contributed by atoms with Crippen molar-refractivity contribution in [1.29, 1.82) is 0 Å². The number of aromatic nitrogens is 2. The van der Waals surface area contributed by atoms with Crippen LogP contribution in [0.15, 0.2) is 12.4 Å². The number of imidazole rings is 1. The van der Waals surface area contributed by atoms with Crippen LogP contribution in [0.4, 0.5) is 0 Å². The Morgan fingerprint density at radius 2 is 0.738 bits per heavy atom. The number of nitrogens with zero attached hydrogens (tertiary/aromatic N) is 1. The minimum atomic E-state index is 0.728. The van der Waals surface area contributed by atoms with Crippen LogP contribution in [0.3, 0.4) is 0 Å². The highest BCUT2D eigenvalue weighted by Crippen LogP contribution is 2.26. The van der Waals surface area contributed by atoms with E-state index in [1.54, 1.807) is 0 Å². The summed E-state index contributed by atoms with van der Waals surface area (Å²) in [6.45, 7) is 8.09. The molecular weight excluding hydrogens is 508 g/mol. The minimum Gasteiger partial charge on any atom is -0.247 e. The summed E-state index contributed by atoms with van der Waals surface area (Å²) >= 11 is 0. The Morgan fingerprint density at radius 1 is 0.429 bits per heavy atom. The zero-order valence-electron chi connectivity index (χ0n) is 29.5. The van der Waals surface area contributed by atoms with Gasteiger partial charge in [-0.25, -0.2) is 9.55 Å². The first-order chi connectivity index (χ1) is 20.8. The molecule has 0 spiro atoms. The van der Waals surface area contributed by atoms with Crippen molar-refractivity contribution in [3.05, 3.63) is 18.2 Å². The molecule has 42 heavy (non-hydrogen) atoms. The lowest BCUT2D eigenvalue weighted by Crippen LogP contribution is -2.37. The third-order valence-electron chi connectivity index (χ3n) is 9.71. The molecule has 1 aromatic rings. The number of hydrogen-bond acceptors (Lipinski definition) is 0. The van der Waals surface area contributed by atoms with E-state index in [2.05, 4.69) is 42.7 Å². The molecule has 0 amide bonds. The standard InChI is InChI=1S/C40H78N2/c1-4-7-9-11-13-15-17-19-21-23-25-27-29-31-33-35-39(40-41-36-38-42(40)37-6-3)34-32-30-28-26-24-22-20-18-16-14-12-10-8-5-2/h36,38-39H,4-35,37H2,1-3H3/p+1. The second-order valence-corrected chi connectivity index (χ2v) is 13.9. The summed E-state index contributed by atoms with van der Waals surface area (Å²) in [6, 6.07) is 0. The summed E-state index contributed by atoms with van der Waals surface area (Å²) in [5.74, 6) is 2.24. The van der Waals surface area contributed by atoms with Gasteiger partial charge in [0.15, 0.2) is 0 Å². The number of aromatic amines is 1. The molecule has 1 aromatic heterocycles. The highest BCUT2D eigenvalue weighted by atomic mass is 15.1. The number of hydrogen-bond donors (Lipinski definition) is 1. The predicted molar refractivity (Wildman–Crippen MR) is 188 cm³/mol. The first kappa shape index (κ1) is 39.2. The van der Waals surface area contributed by atoms with Crippen LogP contribution in [0.25, 0.3) is 0 Å². The van der Waals surface area contributed by atoms with Gasteiger partial charge < -0.3 is 0 Å². The third kappa shape index (κ3) is 23.6. The Labute approximate surface area is 266 Å². The smallest absolute Gasteiger partial charge is 0.247 e. The van der Waals surface area contributed by atoms with Gasteiger partial charge in [0, 0.05) is 0 Å². The van der Waals surface area contributed by atoms with Gasteiger partial charge in [-0.05, 0) is 19.3 Å². The summed E-state index contributed by atoms with van der Waals surface area (Å²) < 4.78 is 2.51. The SMILES string of the molecule is CCCCCCCCCCCCCCCCCC(CCCCCCCCCCCCCCCC)c1[nH]cc[n+]1CCC. The second-order valence-electron chi connectivity index (χ2n) is 13.9. The average Bonchev–Trinajstić information content (AvgIpc) is 3.46. The van der Waals surface area contributed by atoms with Gasteiger partial charge in [0.05, 0.1) is 12.5 Å². The van der Waals surface area contributed by atoms with Crippen molar-refractivity contribution in [2.45, 2.75) is 239 Å². The third-order valence-corrected chi connectivity index (χ3v) is 9.71. The van der Waals surface area contributed by atoms with E-state index >= 15 is 0 Å². The molecule has 0 aliphatic heterocycles. The highest BCUT2D eigenvalue weighted by molar-refractivity contribution is 4.90. The summed E-state index contributed by atoms with van der Waals surface area (Å²) in [4.78, 5) is 3.66. The molecule has 1 atom stereocenters. The molecule has 1 rings (SSSR count).